The Labute approximate surface area is 147 Å². The molecule has 130 valence electrons. The summed E-state index contributed by atoms with van der Waals surface area (Å²) in [5.74, 6) is 0.907. The fourth-order valence-corrected chi connectivity index (χ4v) is 2.98. The van der Waals surface area contributed by atoms with Gasteiger partial charge in [-0.2, -0.15) is 0 Å². The number of carbonyl (C=O) groups excluding carboxylic acids is 1. The van der Waals surface area contributed by atoms with Gasteiger partial charge in [0, 0.05) is 31.0 Å². The molecule has 2 aromatic heterocycles. The zero-order valence-electron chi connectivity index (χ0n) is 14.7. The quantitative estimate of drug-likeness (QED) is 0.664. The van der Waals surface area contributed by atoms with Crippen molar-refractivity contribution in [2.24, 2.45) is 0 Å². The highest BCUT2D eigenvalue weighted by molar-refractivity contribution is 5.78. The van der Waals surface area contributed by atoms with Crippen LogP contribution in [0.2, 0.25) is 0 Å². The van der Waals surface area contributed by atoms with Crippen molar-refractivity contribution in [3.63, 3.8) is 0 Å². The summed E-state index contributed by atoms with van der Waals surface area (Å²) in [5, 5.41) is 0. The van der Waals surface area contributed by atoms with E-state index in [1.54, 1.807) is 13.3 Å². The predicted molar refractivity (Wildman–Crippen MR) is 97.6 cm³/mol. The number of ether oxygens (including phenoxy) is 1. The van der Waals surface area contributed by atoms with Crippen LogP contribution < -0.4 is 4.74 Å². The van der Waals surface area contributed by atoms with E-state index in [4.69, 9.17) is 4.74 Å². The maximum absolute atomic E-state index is 12.9. The van der Waals surface area contributed by atoms with Gasteiger partial charge in [0.15, 0.2) is 0 Å². The third-order valence-electron chi connectivity index (χ3n) is 4.23. The van der Waals surface area contributed by atoms with Crippen LogP contribution in [0.5, 0.6) is 5.75 Å². The minimum absolute atomic E-state index is 0.0957. The van der Waals surface area contributed by atoms with E-state index in [1.165, 1.54) is 0 Å². The van der Waals surface area contributed by atoms with Crippen LogP contribution in [0.3, 0.4) is 0 Å². The average Bonchev–Trinajstić information content (AvgIpc) is 3.05. The van der Waals surface area contributed by atoms with Gasteiger partial charge >= 0.3 is 0 Å². The second kappa shape index (κ2) is 7.83. The number of benzene rings is 1. The van der Waals surface area contributed by atoms with Crippen LogP contribution in [0.1, 0.15) is 24.6 Å². The molecule has 0 atom stereocenters. The van der Waals surface area contributed by atoms with Gasteiger partial charge in [-0.25, -0.2) is 4.98 Å². The lowest BCUT2D eigenvalue weighted by Crippen LogP contribution is -2.33. The molecule has 0 fully saturated rings. The Morgan fingerprint density at radius 2 is 2.00 bits per heavy atom. The van der Waals surface area contributed by atoms with Crippen molar-refractivity contribution in [2.75, 3.05) is 13.7 Å². The van der Waals surface area contributed by atoms with E-state index < -0.39 is 0 Å². The fraction of sp³-hybridized carbons (Fsp3) is 0.300. The highest BCUT2D eigenvalue weighted by Gasteiger charge is 2.17. The summed E-state index contributed by atoms with van der Waals surface area (Å²) in [5.41, 5.74) is 2.78. The van der Waals surface area contributed by atoms with E-state index in [0.29, 0.717) is 19.5 Å². The zero-order valence-corrected chi connectivity index (χ0v) is 14.7. The van der Waals surface area contributed by atoms with Gasteiger partial charge in [0.2, 0.25) is 5.91 Å². The number of carbonyl (C=O) groups is 1. The monoisotopic (exact) mass is 337 g/mol. The second-order valence-electron chi connectivity index (χ2n) is 5.98. The van der Waals surface area contributed by atoms with Crippen molar-refractivity contribution < 1.29 is 9.53 Å². The van der Waals surface area contributed by atoms with E-state index in [9.17, 15) is 4.79 Å². The molecule has 0 spiro atoms. The van der Waals surface area contributed by atoms with Gasteiger partial charge in [-0.05, 0) is 24.6 Å². The van der Waals surface area contributed by atoms with Gasteiger partial charge < -0.3 is 14.0 Å². The van der Waals surface area contributed by atoms with Crippen LogP contribution in [0.4, 0.5) is 0 Å². The molecule has 2 heterocycles. The number of nitrogens with zero attached hydrogens (tertiary/aromatic N) is 3. The van der Waals surface area contributed by atoms with Crippen molar-refractivity contribution >= 4 is 11.6 Å². The number of rotatable bonds is 7. The number of para-hydroxylation sites is 1. The minimum atomic E-state index is 0.0957. The predicted octanol–water partition coefficient (Wildman–Crippen LogP) is 3.32. The summed E-state index contributed by atoms with van der Waals surface area (Å²) in [6.45, 7) is 3.35. The maximum atomic E-state index is 12.9. The molecule has 0 saturated carbocycles. The number of hydrogen-bond acceptors (Lipinski definition) is 3. The molecule has 25 heavy (non-hydrogen) atoms. The lowest BCUT2D eigenvalue weighted by atomic mass is 10.1. The third kappa shape index (κ3) is 3.82. The van der Waals surface area contributed by atoms with Crippen LogP contribution in [0.25, 0.3) is 5.65 Å². The van der Waals surface area contributed by atoms with E-state index in [2.05, 4.69) is 11.9 Å². The highest BCUT2D eigenvalue weighted by atomic mass is 16.5. The van der Waals surface area contributed by atoms with Crippen molar-refractivity contribution in [1.82, 2.24) is 14.3 Å². The summed E-state index contributed by atoms with van der Waals surface area (Å²) >= 11 is 0. The summed E-state index contributed by atoms with van der Waals surface area (Å²) in [7, 11) is 1.66. The second-order valence-corrected chi connectivity index (χ2v) is 5.98. The smallest absolute Gasteiger partial charge is 0.228 e. The summed E-state index contributed by atoms with van der Waals surface area (Å²) in [6, 6.07) is 13.7. The number of fused-ring (bicyclic) bond motifs is 1. The van der Waals surface area contributed by atoms with E-state index in [-0.39, 0.29) is 5.91 Å². The van der Waals surface area contributed by atoms with E-state index in [1.807, 2.05) is 58.0 Å². The molecule has 0 saturated heterocycles. The van der Waals surface area contributed by atoms with E-state index in [0.717, 1.165) is 29.1 Å². The number of aromatic nitrogens is 2. The van der Waals surface area contributed by atoms with Gasteiger partial charge in [0.25, 0.3) is 0 Å². The lowest BCUT2D eigenvalue weighted by Gasteiger charge is -2.23. The molecule has 0 unspecified atom stereocenters. The molecular weight excluding hydrogens is 314 g/mol. The van der Waals surface area contributed by atoms with Crippen LogP contribution >= 0.6 is 0 Å². The topological polar surface area (TPSA) is 46.8 Å². The first-order chi connectivity index (χ1) is 12.2. The molecule has 3 aromatic rings. The summed E-state index contributed by atoms with van der Waals surface area (Å²) < 4.78 is 7.38. The zero-order chi connectivity index (χ0) is 17.6. The maximum Gasteiger partial charge on any atom is 0.228 e. The van der Waals surface area contributed by atoms with Crippen LogP contribution in [-0.4, -0.2) is 33.8 Å². The standard InChI is InChI=1S/C20H23N3O2/c1-3-11-22(15-16-8-4-5-9-18(16)25-2)20(24)13-17-14-21-19-10-6-7-12-23(17)19/h4-10,12,14H,3,11,13,15H2,1-2H3. The van der Waals surface area contributed by atoms with Crippen LogP contribution in [0, 0.1) is 0 Å². The molecule has 1 amide bonds. The molecule has 0 aliphatic rings. The van der Waals surface area contributed by atoms with Gasteiger partial charge in [-0.3, -0.25) is 4.79 Å². The first-order valence-electron chi connectivity index (χ1n) is 8.53. The Kier molecular flexibility index (Phi) is 5.33. The molecule has 0 aliphatic carbocycles. The Balaban J connectivity index is 1.79. The number of amides is 1. The largest absolute Gasteiger partial charge is 0.496 e. The van der Waals surface area contributed by atoms with Gasteiger partial charge in [0.05, 0.1) is 19.2 Å². The minimum Gasteiger partial charge on any atom is -0.496 e. The van der Waals surface area contributed by atoms with Gasteiger partial charge in [-0.1, -0.05) is 31.2 Å². The molecule has 1 aromatic carbocycles. The molecule has 5 nitrogen and oxygen atoms in total. The normalized spacial score (nSPS) is 10.8. The van der Waals surface area contributed by atoms with Crippen LogP contribution in [-0.2, 0) is 17.8 Å². The molecule has 5 heteroatoms. The first kappa shape index (κ1) is 17.0. The lowest BCUT2D eigenvalue weighted by molar-refractivity contribution is -0.131. The first-order valence-corrected chi connectivity index (χ1v) is 8.53. The number of methoxy groups -OCH3 is 1. The highest BCUT2D eigenvalue weighted by Crippen LogP contribution is 2.20. The Morgan fingerprint density at radius 1 is 1.20 bits per heavy atom. The Morgan fingerprint density at radius 3 is 2.80 bits per heavy atom. The SMILES string of the molecule is CCCN(Cc1ccccc1OC)C(=O)Cc1cnc2ccccn12. The fourth-order valence-electron chi connectivity index (χ4n) is 2.98. The molecule has 0 N–H and O–H groups in total. The molecule has 0 radical (unpaired) electrons. The summed E-state index contributed by atoms with van der Waals surface area (Å²) in [4.78, 5) is 19.1. The van der Waals surface area contributed by atoms with E-state index >= 15 is 0 Å². The molecular formula is C20H23N3O2. The Hall–Kier alpha value is -2.82. The number of pyridine rings is 1. The van der Waals surface area contributed by atoms with Gasteiger partial charge in [0.1, 0.15) is 11.4 Å². The van der Waals surface area contributed by atoms with Crippen molar-refractivity contribution in [3.8, 4) is 5.75 Å². The number of imidazole rings is 1. The number of hydrogen-bond donors (Lipinski definition) is 0. The van der Waals surface area contributed by atoms with Crippen molar-refractivity contribution in [1.29, 1.82) is 0 Å². The van der Waals surface area contributed by atoms with Crippen molar-refractivity contribution in [2.45, 2.75) is 26.3 Å². The average molecular weight is 337 g/mol. The third-order valence-corrected chi connectivity index (χ3v) is 4.23. The Bertz CT molecular complexity index is 857. The van der Waals surface area contributed by atoms with Crippen molar-refractivity contribution in [3.05, 3.63) is 66.1 Å². The van der Waals surface area contributed by atoms with Gasteiger partial charge in [-0.15, -0.1) is 0 Å². The molecule has 3 rings (SSSR count). The molecule has 0 aliphatic heterocycles. The van der Waals surface area contributed by atoms with Crippen LogP contribution in [0.15, 0.2) is 54.9 Å². The molecule has 0 bridgehead atoms. The summed E-state index contributed by atoms with van der Waals surface area (Å²) in [6.07, 6.45) is 4.96.